The second-order valence-electron chi connectivity index (χ2n) is 6.82. The maximum absolute atomic E-state index is 12.5. The average Bonchev–Trinajstić information content (AvgIpc) is 3.54. The topological polar surface area (TPSA) is 98.5 Å². The summed E-state index contributed by atoms with van der Waals surface area (Å²) in [6.07, 6.45) is 0.414. The predicted octanol–water partition coefficient (Wildman–Crippen LogP) is 4.44. The number of thiophene rings is 1. The molecule has 31 heavy (non-hydrogen) atoms. The molecule has 0 radical (unpaired) electrons. The Morgan fingerprint density at radius 3 is 2.87 bits per heavy atom. The number of aromatic nitrogens is 2. The van der Waals surface area contributed by atoms with Gasteiger partial charge in [-0.05, 0) is 40.8 Å². The Morgan fingerprint density at radius 2 is 1.97 bits per heavy atom. The summed E-state index contributed by atoms with van der Waals surface area (Å²) in [5.74, 6) is 2.45. The highest BCUT2D eigenvalue weighted by molar-refractivity contribution is 7.13. The van der Waals surface area contributed by atoms with Crippen molar-refractivity contribution in [1.82, 2.24) is 15.5 Å². The quantitative estimate of drug-likeness (QED) is 0.466. The molecule has 8 nitrogen and oxygen atoms in total. The lowest BCUT2D eigenvalue weighted by molar-refractivity contribution is 0.174. The first-order valence-electron chi connectivity index (χ1n) is 9.62. The van der Waals surface area contributed by atoms with E-state index in [2.05, 4.69) is 20.8 Å². The van der Waals surface area contributed by atoms with Crippen molar-refractivity contribution < 1.29 is 18.8 Å². The molecule has 3 heterocycles. The van der Waals surface area contributed by atoms with Crippen molar-refractivity contribution in [3.63, 3.8) is 0 Å². The van der Waals surface area contributed by atoms with E-state index < -0.39 is 0 Å². The first-order valence-corrected chi connectivity index (χ1v) is 10.5. The van der Waals surface area contributed by atoms with Gasteiger partial charge in [-0.1, -0.05) is 35.5 Å². The molecule has 156 valence electrons. The SMILES string of the molecule is O=C(NCc1ccc2c(c1)OCO2)Nc1ccccc1Cc1nc(-c2cccs2)no1. The zero-order valence-electron chi connectivity index (χ0n) is 16.3. The van der Waals surface area contributed by atoms with Gasteiger partial charge in [-0.25, -0.2) is 4.79 Å². The number of fused-ring (bicyclic) bond motifs is 1. The van der Waals surface area contributed by atoms with E-state index in [0.717, 1.165) is 16.0 Å². The van der Waals surface area contributed by atoms with E-state index in [-0.39, 0.29) is 12.8 Å². The molecule has 0 saturated heterocycles. The number of benzene rings is 2. The van der Waals surface area contributed by atoms with E-state index >= 15 is 0 Å². The minimum atomic E-state index is -0.310. The fourth-order valence-corrected chi connectivity index (χ4v) is 3.84. The van der Waals surface area contributed by atoms with Crippen LogP contribution in [0.5, 0.6) is 11.5 Å². The van der Waals surface area contributed by atoms with Gasteiger partial charge < -0.3 is 24.6 Å². The number of ether oxygens (including phenoxy) is 2. The fourth-order valence-electron chi connectivity index (χ4n) is 3.19. The average molecular weight is 434 g/mol. The van der Waals surface area contributed by atoms with Gasteiger partial charge in [0.05, 0.1) is 11.3 Å². The first-order chi connectivity index (χ1) is 15.2. The summed E-state index contributed by atoms with van der Waals surface area (Å²) >= 11 is 1.55. The number of hydrogen-bond donors (Lipinski definition) is 2. The molecule has 2 N–H and O–H groups in total. The van der Waals surface area contributed by atoms with Gasteiger partial charge in [0.25, 0.3) is 0 Å². The number of nitrogens with one attached hydrogen (secondary N) is 2. The zero-order valence-corrected chi connectivity index (χ0v) is 17.1. The van der Waals surface area contributed by atoms with Crippen LogP contribution in [-0.4, -0.2) is 23.0 Å². The van der Waals surface area contributed by atoms with Gasteiger partial charge in [-0.15, -0.1) is 11.3 Å². The number of hydrogen-bond acceptors (Lipinski definition) is 7. The Hall–Kier alpha value is -3.85. The van der Waals surface area contributed by atoms with E-state index in [4.69, 9.17) is 14.0 Å². The Balaban J connectivity index is 1.22. The third-order valence-corrected chi connectivity index (χ3v) is 5.57. The third-order valence-electron chi connectivity index (χ3n) is 4.71. The second-order valence-corrected chi connectivity index (χ2v) is 7.77. The highest BCUT2D eigenvalue weighted by Gasteiger charge is 2.15. The number of para-hydroxylation sites is 1. The van der Waals surface area contributed by atoms with Crippen molar-refractivity contribution in [3.8, 4) is 22.2 Å². The van der Waals surface area contributed by atoms with Crippen LogP contribution in [0.15, 0.2) is 64.5 Å². The summed E-state index contributed by atoms with van der Waals surface area (Å²) in [7, 11) is 0. The van der Waals surface area contributed by atoms with Crippen molar-refractivity contribution in [2.75, 3.05) is 12.1 Å². The highest BCUT2D eigenvalue weighted by Crippen LogP contribution is 2.32. The number of nitrogens with zero attached hydrogens (tertiary/aromatic N) is 2. The van der Waals surface area contributed by atoms with E-state index in [1.54, 1.807) is 11.3 Å². The van der Waals surface area contributed by atoms with Crippen molar-refractivity contribution in [2.24, 2.45) is 0 Å². The molecule has 2 aromatic heterocycles. The second kappa shape index (κ2) is 8.49. The smallest absolute Gasteiger partial charge is 0.319 e. The van der Waals surface area contributed by atoms with Gasteiger partial charge in [0.1, 0.15) is 0 Å². The monoisotopic (exact) mass is 434 g/mol. The Labute approximate surface area is 181 Å². The molecule has 9 heteroatoms. The normalized spacial score (nSPS) is 12.0. The van der Waals surface area contributed by atoms with Crippen LogP contribution in [0, 0.1) is 0 Å². The number of urea groups is 1. The van der Waals surface area contributed by atoms with E-state index in [0.29, 0.717) is 41.9 Å². The number of anilines is 1. The Kier molecular flexibility index (Phi) is 5.24. The molecule has 4 aromatic rings. The minimum absolute atomic E-state index is 0.221. The molecular weight excluding hydrogens is 416 g/mol. The summed E-state index contributed by atoms with van der Waals surface area (Å²) < 4.78 is 16.1. The molecule has 2 aromatic carbocycles. The highest BCUT2D eigenvalue weighted by atomic mass is 32.1. The molecule has 0 atom stereocenters. The summed E-state index contributed by atoms with van der Waals surface area (Å²) in [6.45, 7) is 0.580. The lowest BCUT2D eigenvalue weighted by Gasteiger charge is -2.11. The van der Waals surface area contributed by atoms with Gasteiger partial charge in [0.2, 0.25) is 18.5 Å². The van der Waals surface area contributed by atoms with Gasteiger partial charge in [0, 0.05) is 12.2 Å². The molecule has 0 spiro atoms. The number of carbonyl (C=O) groups is 1. The minimum Gasteiger partial charge on any atom is -0.454 e. The predicted molar refractivity (Wildman–Crippen MR) is 115 cm³/mol. The van der Waals surface area contributed by atoms with Gasteiger partial charge in [-0.2, -0.15) is 4.98 Å². The summed E-state index contributed by atoms with van der Waals surface area (Å²) in [4.78, 5) is 17.9. The van der Waals surface area contributed by atoms with E-state index in [1.165, 1.54) is 0 Å². The Morgan fingerprint density at radius 1 is 1.06 bits per heavy atom. The lowest BCUT2D eigenvalue weighted by atomic mass is 10.1. The standard InChI is InChI=1S/C22H18N4O4S/c27-22(23-12-14-7-8-17-18(10-14)29-13-28-17)24-16-5-2-1-4-15(16)11-20-25-21(26-30-20)19-6-3-9-31-19/h1-10H,11-13H2,(H2,23,24,27). The molecule has 0 bridgehead atoms. The van der Waals surface area contributed by atoms with Crippen molar-refractivity contribution in [1.29, 1.82) is 0 Å². The zero-order chi connectivity index (χ0) is 21.0. The van der Waals surface area contributed by atoms with Crippen LogP contribution >= 0.6 is 11.3 Å². The van der Waals surface area contributed by atoms with Crippen LogP contribution in [0.2, 0.25) is 0 Å². The molecule has 1 aliphatic heterocycles. The maximum Gasteiger partial charge on any atom is 0.319 e. The van der Waals surface area contributed by atoms with Crippen molar-refractivity contribution in [2.45, 2.75) is 13.0 Å². The summed E-state index contributed by atoms with van der Waals surface area (Å²) in [5.41, 5.74) is 2.48. The van der Waals surface area contributed by atoms with Gasteiger partial charge >= 0.3 is 6.03 Å². The van der Waals surface area contributed by atoms with Crippen LogP contribution in [0.4, 0.5) is 10.5 Å². The molecule has 0 saturated carbocycles. The van der Waals surface area contributed by atoms with Gasteiger partial charge in [-0.3, -0.25) is 0 Å². The number of amides is 2. The molecule has 0 unspecified atom stereocenters. The molecule has 5 rings (SSSR count). The van der Waals surface area contributed by atoms with E-state index in [9.17, 15) is 4.79 Å². The number of carbonyl (C=O) groups excluding carboxylic acids is 1. The van der Waals surface area contributed by atoms with Crippen LogP contribution in [-0.2, 0) is 13.0 Å². The molecule has 2 amide bonds. The summed E-state index contributed by atoms with van der Waals surface area (Å²) in [5, 5.41) is 11.8. The first kappa shape index (κ1) is 19.1. The van der Waals surface area contributed by atoms with Crippen LogP contribution in [0.3, 0.4) is 0 Å². The van der Waals surface area contributed by atoms with Crippen LogP contribution < -0.4 is 20.1 Å². The molecule has 0 fully saturated rings. The van der Waals surface area contributed by atoms with Crippen molar-refractivity contribution in [3.05, 3.63) is 77.0 Å². The number of rotatable bonds is 6. The van der Waals surface area contributed by atoms with Crippen LogP contribution in [0.25, 0.3) is 10.7 Å². The lowest BCUT2D eigenvalue weighted by Crippen LogP contribution is -2.28. The van der Waals surface area contributed by atoms with E-state index in [1.807, 2.05) is 60.0 Å². The fraction of sp³-hybridized carbons (Fsp3) is 0.136. The largest absolute Gasteiger partial charge is 0.454 e. The summed E-state index contributed by atoms with van der Waals surface area (Å²) in [6, 6.07) is 16.7. The molecular formula is C22H18N4O4S. The maximum atomic E-state index is 12.5. The third kappa shape index (κ3) is 4.36. The van der Waals surface area contributed by atoms with Crippen LogP contribution in [0.1, 0.15) is 17.0 Å². The Bertz CT molecular complexity index is 1210. The van der Waals surface area contributed by atoms with Crippen molar-refractivity contribution >= 4 is 23.1 Å². The van der Waals surface area contributed by atoms with Gasteiger partial charge in [0.15, 0.2) is 11.5 Å². The molecule has 1 aliphatic rings. The molecule has 0 aliphatic carbocycles.